The van der Waals surface area contributed by atoms with Crippen LogP contribution in [-0.2, 0) is 0 Å². The molecular weight excluding hydrogens is 384 g/mol. The lowest BCUT2D eigenvalue weighted by Gasteiger charge is -2.09. The summed E-state index contributed by atoms with van der Waals surface area (Å²) in [7, 11) is 0. The minimum atomic E-state index is -0.229. The Morgan fingerprint density at radius 3 is 2.66 bits per heavy atom. The third-order valence-corrected chi connectivity index (χ3v) is 5.44. The van der Waals surface area contributed by atoms with Crippen LogP contribution in [0.3, 0.4) is 0 Å². The molecule has 3 aromatic carbocycles. The first-order chi connectivity index (χ1) is 14.1. The van der Waals surface area contributed by atoms with Crippen molar-refractivity contribution in [3.63, 3.8) is 0 Å². The predicted octanol–water partition coefficient (Wildman–Crippen LogP) is 5.71. The van der Waals surface area contributed by atoms with Crippen LogP contribution >= 0.6 is 11.3 Å². The van der Waals surface area contributed by atoms with Crippen LogP contribution in [0.5, 0.6) is 11.5 Å². The number of phenols is 1. The molecule has 0 aliphatic rings. The lowest BCUT2D eigenvalue weighted by molar-refractivity contribution is 0.102. The average Bonchev–Trinajstić information content (AvgIpc) is 3.18. The van der Waals surface area contributed by atoms with E-state index in [1.165, 1.54) is 11.3 Å². The number of phenolic OH excluding ortho intramolecular Hbond substituents is 1. The van der Waals surface area contributed by atoms with Gasteiger partial charge in [0.25, 0.3) is 5.91 Å². The molecule has 0 saturated heterocycles. The van der Waals surface area contributed by atoms with E-state index in [1.807, 2.05) is 31.2 Å². The van der Waals surface area contributed by atoms with Gasteiger partial charge in [-0.2, -0.15) is 0 Å². The van der Waals surface area contributed by atoms with Gasteiger partial charge in [0.1, 0.15) is 16.5 Å². The molecule has 1 aromatic heterocycles. The summed E-state index contributed by atoms with van der Waals surface area (Å²) in [5, 5.41) is 13.9. The highest BCUT2D eigenvalue weighted by Crippen LogP contribution is 2.36. The Labute approximate surface area is 172 Å². The highest BCUT2D eigenvalue weighted by Gasteiger charge is 2.13. The molecule has 0 fully saturated rings. The Hall–Kier alpha value is -3.38. The molecule has 0 aliphatic heterocycles. The molecule has 6 heteroatoms. The fourth-order valence-electron chi connectivity index (χ4n) is 2.90. The molecule has 0 atom stereocenters. The number of amides is 1. The SMILES string of the molecule is CCCOc1ccc(C(=O)Nc2ccc(O)c(-c3nc4ccccc4s3)c2)cc1. The molecule has 146 valence electrons. The van der Waals surface area contributed by atoms with Crippen molar-refractivity contribution in [3.05, 3.63) is 72.3 Å². The van der Waals surface area contributed by atoms with Crippen LogP contribution in [0, 0.1) is 0 Å². The van der Waals surface area contributed by atoms with E-state index in [4.69, 9.17) is 4.74 Å². The number of anilines is 1. The second-order valence-electron chi connectivity index (χ2n) is 6.55. The van der Waals surface area contributed by atoms with Gasteiger partial charge in [-0.1, -0.05) is 19.1 Å². The van der Waals surface area contributed by atoms with Gasteiger partial charge >= 0.3 is 0 Å². The molecule has 4 rings (SSSR count). The van der Waals surface area contributed by atoms with Crippen LogP contribution in [-0.4, -0.2) is 22.6 Å². The Morgan fingerprint density at radius 1 is 1.10 bits per heavy atom. The third-order valence-electron chi connectivity index (χ3n) is 4.37. The molecule has 0 aliphatic carbocycles. The van der Waals surface area contributed by atoms with Crippen molar-refractivity contribution >= 4 is 33.1 Å². The van der Waals surface area contributed by atoms with Gasteiger partial charge in [-0.25, -0.2) is 4.98 Å². The van der Waals surface area contributed by atoms with Crippen LogP contribution in [0.4, 0.5) is 5.69 Å². The molecule has 29 heavy (non-hydrogen) atoms. The summed E-state index contributed by atoms with van der Waals surface area (Å²) in [5.74, 6) is 0.638. The fourth-order valence-corrected chi connectivity index (χ4v) is 3.89. The second kappa shape index (κ2) is 8.32. The Bertz CT molecular complexity index is 1120. The zero-order valence-electron chi connectivity index (χ0n) is 15.9. The topological polar surface area (TPSA) is 71.5 Å². The van der Waals surface area contributed by atoms with Crippen LogP contribution in [0.2, 0.25) is 0 Å². The van der Waals surface area contributed by atoms with Gasteiger partial charge in [0, 0.05) is 11.3 Å². The summed E-state index contributed by atoms with van der Waals surface area (Å²) in [4.78, 5) is 17.2. The molecule has 0 spiro atoms. The fraction of sp³-hybridized carbons (Fsp3) is 0.130. The van der Waals surface area contributed by atoms with Crippen molar-refractivity contribution in [2.24, 2.45) is 0 Å². The zero-order chi connectivity index (χ0) is 20.2. The lowest BCUT2D eigenvalue weighted by atomic mass is 10.1. The number of hydrogen-bond donors (Lipinski definition) is 2. The van der Waals surface area contributed by atoms with Crippen LogP contribution in [0.25, 0.3) is 20.8 Å². The molecule has 0 bridgehead atoms. The highest BCUT2D eigenvalue weighted by molar-refractivity contribution is 7.21. The summed E-state index contributed by atoms with van der Waals surface area (Å²) in [6, 6.07) is 19.8. The maximum Gasteiger partial charge on any atom is 0.255 e. The van der Waals surface area contributed by atoms with E-state index in [-0.39, 0.29) is 11.7 Å². The summed E-state index contributed by atoms with van der Waals surface area (Å²) >= 11 is 1.50. The van der Waals surface area contributed by atoms with Gasteiger partial charge in [0.05, 0.1) is 22.4 Å². The van der Waals surface area contributed by atoms with E-state index in [9.17, 15) is 9.90 Å². The zero-order valence-corrected chi connectivity index (χ0v) is 16.7. The lowest BCUT2D eigenvalue weighted by Crippen LogP contribution is -2.11. The number of carbonyl (C=O) groups is 1. The van der Waals surface area contributed by atoms with Gasteiger partial charge in [-0.3, -0.25) is 4.79 Å². The van der Waals surface area contributed by atoms with E-state index in [1.54, 1.807) is 42.5 Å². The van der Waals surface area contributed by atoms with Gasteiger partial charge in [0.15, 0.2) is 0 Å². The molecule has 1 amide bonds. The summed E-state index contributed by atoms with van der Waals surface area (Å²) < 4.78 is 6.59. The van der Waals surface area contributed by atoms with E-state index in [0.717, 1.165) is 22.4 Å². The van der Waals surface area contributed by atoms with Crippen molar-refractivity contribution in [1.29, 1.82) is 0 Å². The molecule has 1 heterocycles. The number of rotatable bonds is 6. The average molecular weight is 404 g/mol. The molecular formula is C23H20N2O3S. The molecule has 5 nitrogen and oxygen atoms in total. The monoisotopic (exact) mass is 404 g/mol. The van der Waals surface area contributed by atoms with Crippen LogP contribution in [0.1, 0.15) is 23.7 Å². The van der Waals surface area contributed by atoms with Crippen molar-refractivity contribution < 1.29 is 14.6 Å². The minimum absolute atomic E-state index is 0.125. The molecule has 0 unspecified atom stereocenters. The number of para-hydroxylation sites is 1. The number of nitrogens with one attached hydrogen (secondary N) is 1. The van der Waals surface area contributed by atoms with Gasteiger partial charge in [-0.05, 0) is 61.0 Å². The van der Waals surface area contributed by atoms with Crippen molar-refractivity contribution in [2.45, 2.75) is 13.3 Å². The number of ether oxygens (including phenoxy) is 1. The predicted molar refractivity (Wildman–Crippen MR) is 117 cm³/mol. The molecule has 0 saturated carbocycles. The minimum Gasteiger partial charge on any atom is -0.507 e. The number of hydrogen-bond acceptors (Lipinski definition) is 5. The Balaban J connectivity index is 1.55. The van der Waals surface area contributed by atoms with E-state index < -0.39 is 0 Å². The number of nitrogens with zero attached hydrogens (tertiary/aromatic N) is 1. The quantitative estimate of drug-likeness (QED) is 0.404. The third kappa shape index (κ3) is 4.22. The standard InChI is InChI=1S/C23H20N2O3S/c1-2-13-28-17-10-7-15(8-11-17)22(27)24-16-9-12-20(26)18(14-16)23-25-19-5-3-4-6-21(19)29-23/h3-12,14,26H,2,13H2,1H3,(H,24,27). The van der Waals surface area contributed by atoms with Crippen LogP contribution in [0.15, 0.2) is 66.7 Å². The number of benzene rings is 3. The van der Waals surface area contributed by atoms with Gasteiger partial charge in [0.2, 0.25) is 0 Å². The van der Waals surface area contributed by atoms with Crippen molar-refractivity contribution in [3.8, 4) is 22.1 Å². The first-order valence-electron chi connectivity index (χ1n) is 9.37. The van der Waals surface area contributed by atoms with Crippen molar-refractivity contribution in [1.82, 2.24) is 4.98 Å². The van der Waals surface area contributed by atoms with E-state index >= 15 is 0 Å². The number of thiazole rings is 1. The first kappa shape index (κ1) is 19.0. The maximum absolute atomic E-state index is 12.6. The summed E-state index contributed by atoms with van der Waals surface area (Å²) in [6.07, 6.45) is 0.931. The normalized spacial score (nSPS) is 10.8. The first-order valence-corrected chi connectivity index (χ1v) is 10.2. The number of fused-ring (bicyclic) bond motifs is 1. The smallest absolute Gasteiger partial charge is 0.255 e. The highest BCUT2D eigenvalue weighted by atomic mass is 32.1. The molecule has 0 radical (unpaired) electrons. The number of carbonyl (C=O) groups excluding carboxylic acids is 1. The molecule has 4 aromatic rings. The second-order valence-corrected chi connectivity index (χ2v) is 7.58. The summed E-state index contributed by atoms with van der Waals surface area (Å²) in [5.41, 5.74) is 2.59. The van der Waals surface area contributed by atoms with E-state index in [2.05, 4.69) is 10.3 Å². The number of aromatic hydroxyl groups is 1. The van der Waals surface area contributed by atoms with E-state index in [0.29, 0.717) is 28.4 Å². The van der Waals surface area contributed by atoms with Gasteiger partial charge in [-0.15, -0.1) is 11.3 Å². The number of aromatic nitrogens is 1. The van der Waals surface area contributed by atoms with Crippen molar-refractivity contribution in [2.75, 3.05) is 11.9 Å². The Kier molecular flexibility index (Phi) is 5.44. The maximum atomic E-state index is 12.6. The van der Waals surface area contributed by atoms with Crippen LogP contribution < -0.4 is 10.1 Å². The summed E-state index contributed by atoms with van der Waals surface area (Å²) in [6.45, 7) is 2.69. The molecule has 2 N–H and O–H groups in total. The Morgan fingerprint density at radius 2 is 1.90 bits per heavy atom. The largest absolute Gasteiger partial charge is 0.507 e. The van der Waals surface area contributed by atoms with Gasteiger partial charge < -0.3 is 15.2 Å².